The van der Waals surface area contributed by atoms with Gasteiger partial charge in [-0.1, -0.05) is 35.9 Å². The van der Waals surface area contributed by atoms with Gasteiger partial charge in [0.2, 0.25) is 5.03 Å². The molecule has 1 aliphatic heterocycles. The van der Waals surface area contributed by atoms with Gasteiger partial charge in [-0.25, -0.2) is 13.4 Å². The number of hydrogen-bond acceptors (Lipinski definition) is 3. The van der Waals surface area contributed by atoms with E-state index in [0.717, 1.165) is 0 Å². The zero-order valence-electron chi connectivity index (χ0n) is 11.7. The van der Waals surface area contributed by atoms with Gasteiger partial charge >= 0.3 is 0 Å². The quantitative estimate of drug-likeness (QED) is 0.847. The molecule has 1 aliphatic rings. The lowest BCUT2D eigenvalue weighted by molar-refractivity contribution is 0.425. The van der Waals surface area contributed by atoms with Gasteiger partial charge in [0, 0.05) is 20.1 Å². The van der Waals surface area contributed by atoms with Crippen LogP contribution in [0.2, 0.25) is 5.15 Å². The molecule has 3 rings (SSSR count). The van der Waals surface area contributed by atoms with E-state index >= 15 is 0 Å². The lowest BCUT2D eigenvalue weighted by Gasteiger charge is -2.18. The molecule has 1 aromatic heterocycles. The first-order chi connectivity index (χ1) is 10.00. The molecule has 0 saturated heterocycles. The molecular weight excluding hydrogens is 310 g/mol. The summed E-state index contributed by atoms with van der Waals surface area (Å²) in [4.78, 5) is 3.94. The summed E-state index contributed by atoms with van der Waals surface area (Å²) in [5.74, 6) is 0. The molecule has 0 radical (unpaired) electrons. The SMILES string of the molecule is Cn1cnc(S(=O)(=O)N2CCc3ccccc3CC2)c1Cl. The standard InChI is InChI=1S/C14H16ClN3O2S/c1-17-10-16-14(13(17)15)21(19,20)18-8-6-11-4-2-3-5-12(11)7-9-18/h2-5,10H,6-9H2,1H3. The zero-order valence-corrected chi connectivity index (χ0v) is 13.2. The number of imidazole rings is 1. The van der Waals surface area contributed by atoms with Crippen molar-refractivity contribution in [1.82, 2.24) is 13.9 Å². The smallest absolute Gasteiger partial charge is 0.263 e. The third-order valence-electron chi connectivity index (χ3n) is 3.80. The Balaban J connectivity index is 1.90. The number of sulfonamides is 1. The van der Waals surface area contributed by atoms with Crippen molar-refractivity contribution in [3.63, 3.8) is 0 Å². The van der Waals surface area contributed by atoms with Crippen LogP contribution in [0.1, 0.15) is 11.1 Å². The molecule has 0 unspecified atom stereocenters. The van der Waals surface area contributed by atoms with Gasteiger partial charge in [-0.2, -0.15) is 4.31 Å². The average molecular weight is 326 g/mol. The maximum atomic E-state index is 12.7. The van der Waals surface area contributed by atoms with Crippen molar-refractivity contribution in [2.45, 2.75) is 17.9 Å². The van der Waals surface area contributed by atoms with E-state index in [1.165, 1.54) is 26.3 Å². The molecule has 21 heavy (non-hydrogen) atoms. The van der Waals surface area contributed by atoms with Gasteiger partial charge in [0.05, 0.1) is 6.33 Å². The largest absolute Gasteiger partial charge is 0.324 e. The van der Waals surface area contributed by atoms with E-state index in [4.69, 9.17) is 11.6 Å². The first-order valence-electron chi connectivity index (χ1n) is 6.74. The minimum absolute atomic E-state index is 0.0578. The summed E-state index contributed by atoms with van der Waals surface area (Å²) in [5.41, 5.74) is 2.42. The molecule has 0 atom stereocenters. The number of halogens is 1. The van der Waals surface area contributed by atoms with Crippen molar-refractivity contribution < 1.29 is 8.42 Å². The zero-order chi connectivity index (χ0) is 15.0. The van der Waals surface area contributed by atoms with Crippen molar-refractivity contribution in [3.05, 3.63) is 46.9 Å². The van der Waals surface area contributed by atoms with E-state index in [2.05, 4.69) is 17.1 Å². The van der Waals surface area contributed by atoms with E-state index in [-0.39, 0.29) is 10.2 Å². The van der Waals surface area contributed by atoms with Gasteiger partial charge in [-0.15, -0.1) is 0 Å². The highest BCUT2D eigenvalue weighted by molar-refractivity contribution is 7.89. The number of fused-ring (bicyclic) bond motifs is 1. The van der Waals surface area contributed by atoms with E-state index in [1.54, 1.807) is 7.05 Å². The van der Waals surface area contributed by atoms with Gasteiger partial charge in [0.1, 0.15) is 5.15 Å². The summed E-state index contributed by atoms with van der Waals surface area (Å²) in [7, 11) is -1.97. The van der Waals surface area contributed by atoms with Crippen LogP contribution in [0, 0.1) is 0 Å². The fourth-order valence-electron chi connectivity index (χ4n) is 2.58. The number of hydrogen-bond donors (Lipinski definition) is 0. The first-order valence-corrected chi connectivity index (χ1v) is 8.55. The van der Waals surface area contributed by atoms with E-state index in [1.807, 2.05) is 12.1 Å². The Bertz CT molecular complexity index is 743. The second kappa shape index (κ2) is 5.44. The molecule has 0 N–H and O–H groups in total. The normalized spacial score (nSPS) is 16.5. The van der Waals surface area contributed by atoms with Crippen LogP contribution in [0.4, 0.5) is 0 Å². The van der Waals surface area contributed by atoms with Crippen LogP contribution >= 0.6 is 11.6 Å². The summed E-state index contributed by atoms with van der Waals surface area (Å²) in [6.45, 7) is 0.901. The number of aryl methyl sites for hydroxylation is 1. The van der Waals surface area contributed by atoms with E-state index < -0.39 is 10.0 Å². The summed E-state index contributed by atoms with van der Waals surface area (Å²) in [6.07, 6.45) is 2.83. The highest BCUT2D eigenvalue weighted by Crippen LogP contribution is 2.25. The Labute approximate surface area is 129 Å². The van der Waals surface area contributed by atoms with Gasteiger partial charge in [-0.3, -0.25) is 0 Å². The number of benzene rings is 1. The van der Waals surface area contributed by atoms with Crippen LogP contribution in [0.25, 0.3) is 0 Å². The molecule has 0 amide bonds. The first kappa shape index (κ1) is 14.6. The van der Waals surface area contributed by atoms with Crippen LogP contribution in [0.3, 0.4) is 0 Å². The molecule has 0 bridgehead atoms. The lowest BCUT2D eigenvalue weighted by Crippen LogP contribution is -2.33. The van der Waals surface area contributed by atoms with Crippen molar-refractivity contribution in [2.24, 2.45) is 7.05 Å². The maximum Gasteiger partial charge on any atom is 0.263 e. The van der Waals surface area contributed by atoms with Crippen LogP contribution in [0.5, 0.6) is 0 Å². The number of rotatable bonds is 2. The monoisotopic (exact) mass is 325 g/mol. The predicted molar refractivity (Wildman–Crippen MR) is 80.8 cm³/mol. The second-order valence-corrected chi connectivity index (χ2v) is 7.34. The highest BCUT2D eigenvalue weighted by Gasteiger charge is 2.30. The molecule has 0 spiro atoms. The molecule has 0 fully saturated rings. The van der Waals surface area contributed by atoms with Crippen LogP contribution < -0.4 is 0 Å². The van der Waals surface area contributed by atoms with Crippen LogP contribution in [-0.4, -0.2) is 35.4 Å². The topological polar surface area (TPSA) is 55.2 Å². The molecule has 5 nitrogen and oxygen atoms in total. The Morgan fingerprint density at radius 2 is 1.71 bits per heavy atom. The Kier molecular flexibility index (Phi) is 3.77. The van der Waals surface area contributed by atoms with Gasteiger partial charge in [-0.05, 0) is 24.0 Å². The molecule has 0 aliphatic carbocycles. The minimum atomic E-state index is -3.64. The van der Waals surface area contributed by atoms with Crippen molar-refractivity contribution in [1.29, 1.82) is 0 Å². The van der Waals surface area contributed by atoms with Gasteiger partial charge in [0.25, 0.3) is 10.0 Å². The van der Waals surface area contributed by atoms with Gasteiger partial charge in [0.15, 0.2) is 0 Å². The highest BCUT2D eigenvalue weighted by atomic mass is 35.5. The molecular formula is C14H16ClN3O2S. The maximum absolute atomic E-state index is 12.7. The van der Waals surface area contributed by atoms with E-state index in [9.17, 15) is 8.42 Å². The van der Waals surface area contributed by atoms with Crippen molar-refractivity contribution >= 4 is 21.6 Å². The average Bonchev–Trinajstić information content (AvgIpc) is 2.70. The second-order valence-electron chi connectivity index (χ2n) is 5.12. The third kappa shape index (κ3) is 2.59. The molecule has 2 heterocycles. The summed E-state index contributed by atoms with van der Waals surface area (Å²) >= 11 is 6.04. The van der Waals surface area contributed by atoms with Crippen LogP contribution in [0.15, 0.2) is 35.6 Å². The lowest BCUT2D eigenvalue weighted by atomic mass is 10.0. The van der Waals surface area contributed by atoms with Gasteiger partial charge < -0.3 is 4.57 Å². The fraction of sp³-hybridized carbons (Fsp3) is 0.357. The number of aromatic nitrogens is 2. The molecule has 0 saturated carbocycles. The molecule has 2 aromatic rings. The predicted octanol–water partition coefficient (Wildman–Crippen LogP) is 1.86. The Hall–Kier alpha value is -1.37. The summed E-state index contributed by atoms with van der Waals surface area (Å²) in [6, 6.07) is 8.08. The fourth-order valence-corrected chi connectivity index (χ4v) is 4.41. The van der Waals surface area contributed by atoms with Crippen molar-refractivity contribution in [3.8, 4) is 0 Å². The number of nitrogens with zero attached hydrogens (tertiary/aromatic N) is 3. The minimum Gasteiger partial charge on any atom is -0.324 e. The molecule has 112 valence electrons. The molecule has 7 heteroatoms. The van der Waals surface area contributed by atoms with Crippen molar-refractivity contribution in [2.75, 3.05) is 13.1 Å². The third-order valence-corrected chi connectivity index (χ3v) is 6.19. The van der Waals surface area contributed by atoms with Crippen LogP contribution in [-0.2, 0) is 29.9 Å². The summed E-state index contributed by atoms with van der Waals surface area (Å²) in [5, 5.41) is 0.0920. The Morgan fingerprint density at radius 3 is 2.19 bits per heavy atom. The summed E-state index contributed by atoms with van der Waals surface area (Å²) < 4.78 is 28.4. The van der Waals surface area contributed by atoms with E-state index in [0.29, 0.717) is 25.9 Å². The molecule has 1 aromatic carbocycles. The Morgan fingerprint density at radius 1 is 1.14 bits per heavy atom.